The Bertz CT molecular complexity index is 326. The van der Waals surface area contributed by atoms with Gasteiger partial charge in [0.05, 0.1) is 23.2 Å². The average Bonchev–Trinajstić information content (AvgIpc) is 2.84. The molecule has 1 aromatic heterocycles. The van der Waals surface area contributed by atoms with Gasteiger partial charge in [-0.25, -0.2) is 4.98 Å². The number of hydrogen-bond donors (Lipinski definition) is 0. The Morgan fingerprint density at radius 2 is 2.29 bits per heavy atom. The van der Waals surface area contributed by atoms with Gasteiger partial charge in [-0.2, -0.15) is 0 Å². The lowest BCUT2D eigenvalue weighted by Crippen LogP contribution is -2.20. The van der Waals surface area contributed by atoms with Crippen LogP contribution in [-0.2, 0) is 21.8 Å². The van der Waals surface area contributed by atoms with Crippen LogP contribution in [0.25, 0.3) is 0 Å². The first kappa shape index (κ1) is 13.3. The zero-order chi connectivity index (χ0) is 11.9. The fraction of sp³-hybridized carbons (Fsp3) is 0.750. The van der Waals surface area contributed by atoms with Crippen molar-refractivity contribution < 1.29 is 9.47 Å². The highest BCUT2D eigenvalue weighted by atomic mass is 35.5. The standard InChI is InChI=1S/C12H18ClNO2S/c13-7-11-9-17-12(14-11)3-6-16-8-10-1-4-15-5-2-10/h9-10H,1-8H2. The Balaban J connectivity index is 1.59. The van der Waals surface area contributed by atoms with Gasteiger partial charge in [0, 0.05) is 31.6 Å². The second-order valence-corrected chi connectivity index (χ2v) is 5.46. The Morgan fingerprint density at radius 3 is 3.00 bits per heavy atom. The monoisotopic (exact) mass is 275 g/mol. The molecule has 0 aliphatic carbocycles. The minimum absolute atomic E-state index is 0.499. The lowest BCUT2D eigenvalue weighted by molar-refractivity contribution is 0.0214. The van der Waals surface area contributed by atoms with E-state index in [1.54, 1.807) is 11.3 Å². The summed E-state index contributed by atoms with van der Waals surface area (Å²) in [5, 5.41) is 3.13. The van der Waals surface area contributed by atoms with Gasteiger partial charge >= 0.3 is 0 Å². The summed E-state index contributed by atoms with van der Waals surface area (Å²) in [4.78, 5) is 4.40. The third-order valence-corrected chi connectivity index (χ3v) is 4.12. The van der Waals surface area contributed by atoms with Crippen LogP contribution in [-0.4, -0.2) is 31.4 Å². The van der Waals surface area contributed by atoms with Crippen LogP contribution in [0.2, 0.25) is 0 Å². The highest BCUT2D eigenvalue weighted by molar-refractivity contribution is 7.09. The number of halogens is 1. The van der Waals surface area contributed by atoms with E-state index >= 15 is 0 Å². The van der Waals surface area contributed by atoms with Crippen molar-refractivity contribution >= 4 is 22.9 Å². The summed E-state index contributed by atoms with van der Waals surface area (Å²) in [6.45, 7) is 3.39. The minimum atomic E-state index is 0.499. The van der Waals surface area contributed by atoms with Gasteiger partial charge in [-0.15, -0.1) is 22.9 Å². The van der Waals surface area contributed by atoms with Crippen molar-refractivity contribution in [2.45, 2.75) is 25.1 Å². The van der Waals surface area contributed by atoms with Crippen LogP contribution < -0.4 is 0 Å². The summed E-state index contributed by atoms with van der Waals surface area (Å²) < 4.78 is 11.0. The Hall–Kier alpha value is -0.160. The van der Waals surface area contributed by atoms with Gasteiger partial charge in [0.2, 0.25) is 0 Å². The van der Waals surface area contributed by atoms with E-state index in [4.69, 9.17) is 21.1 Å². The van der Waals surface area contributed by atoms with Crippen molar-refractivity contribution in [3.63, 3.8) is 0 Å². The molecule has 0 unspecified atom stereocenters. The zero-order valence-corrected chi connectivity index (χ0v) is 11.4. The first-order valence-corrected chi connectivity index (χ1v) is 7.44. The molecule has 1 aliphatic heterocycles. The lowest BCUT2D eigenvalue weighted by atomic mass is 10.0. The van der Waals surface area contributed by atoms with E-state index in [1.165, 1.54) is 0 Å². The Morgan fingerprint density at radius 1 is 1.47 bits per heavy atom. The molecule has 17 heavy (non-hydrogen) atoms. The summed E-state index contributed by atoms with van der Waals surface area (Å²) in [6, 6.07) is 0. The van der Waals surface area contributed by atoms with Gasteiger partial charge in [0.15, 0.2) is 0 Å². The second-order valence-electron chi connectivity index (χ2n) is 4.25. The molecule has 0 aromatic carbocycles. The number of thiazole rings is 1. The van der Waals surface area contributed by atoms with Crippen molar-refractivity contribution in [2.24, 2.45) is 5.92 Å². The van der Waals surface area contributed by atoms with E-state index in [0.29, 0.717) is 11.8 Å². The van der Waals surface area contributed by atoms with Crippen molar-refractivity contribution in [1.82, 2.24) is 4.98 Å². The van der Waals surface area contributed by atoms with Crippen LogP contribution in [0.1, 0.15) is 23.5 Å². The van der Waals surface area contributed by atoms with Crippen molar-refractivity contribution in [2.75, 3.05) is 26.4 Å². The number of aromatic nitrogens is 1. The number of rotatable bonds is 6. The smallest absolute Gasteiger partial charge is 0.0951 e. The molecular formula is C12H18ClNO2S. The molecule has 1 aliphatic rings. The summed E-state index contributed by atoms with van der Waals surface area (Å²) in [5.74, 6) is 1.18. The maximum atomic E-state index is 5.70. The van der Waals surface area contributed by atoms with Gasteiger partial charge < -0.3 is 9.47 Å². The van der Waals surface area contributed by atoms with Gasteiger partial charge in [-0.3, -0.25) is 0 Å². The van der Waals surface area contributed by atoms with Crippen molar-refractivity contribution in [3.05, 3.63) is 16.1 Å². The number of nitrogens with zero attached hydrogens (tertiary/aromatic N) is 1. The summed E-state index contributed by atoms with van der Waals surface area (Å²) >= 11 is 7.37. The minimum Gasteiger partial charge on any atom is -0.381 e. The predicted octanol–water partition coefficient (Wildman–Crippen LogP) is 2.87. The first-order valence-electron chi connectivity index (χ1n) is 6.03. The number of hydrogen-bond acceptors (Lipinski definition) is 4. The quantitative estimate of drug-likeness (QED) is 0.591. The SMILES string of the molecule is ClCc1csc(CCOCC2CCOCC2)n1. The fourth-order valence-corrected chi connectivity index (χ4v) is 2.86. The van der Waals surface area contributed by atoms with Gasteiger partial charge in [0.1, 0.15) is 0 Å². The molecule has 0 spiro atoms. The topological polar surface area (TPSA) is 31.4 Å². The third-order valence-electron chi connectivity index (χ3n) is 2.89. The lowest BCUT2D eigenvalue weighted by Gasteiger charge is -2.21. The van der Waals surface area contributed by atoms with E-state index in [2.05, 4.69) is 4.98 Å². The Labute approximate surface area is 111 Å². The second kappa shape index (κ2) is 7.31. The first-order chi connectivity index (χ1) is 8.38. The highest BCUT2D eigenvalue weighted by Gasteiger charge is 2.13. The van der Waals surface area contributed by atoms with Gasteiger partial charge in [0.25, 0.3) is 0 Å². The maximum absolute atomic E-state index is 5.70. The van der Waals surface area contributed by atoms with E-state index < -0.39 is 0 Å². The molecule has 1 aromatic rings. The van der Waals surface area contributed by atoms with Crippen LogP contribution in [0.4, 0.5) is 0 Å². The molecule has 0 N–H and O–H groups in total. The summed E-state index contributed by atoms with van der Waals surface area (Å²) in [6.07, 6.45) is 3.16. The normalized spacial score (nSPS) is 17.5. The van der Waals surface area contributed by atoms with Crippen molar-refractivity contribution in [1.29, 1.82) is 0 Å². The third kappa shape index (κ3) is 4.54. The molecule has 3 nitrogen and oxygen atoms in total. The van der Waals surface area contributed by atoms with Crippen LogP contribution in [0.15, 0.2) is 5.38 Å². The summed E-state index contributed by atoms with van der Waals surface area (Å²) in [7, 11) is 0. The molecule has 1 saturated heterocycles. The molecule has 0 saturated carbocycles. The van der Waals surface area contributed by atoms with Crippen LogP contribution in [0.3, 0.4) is 0 Å². The van der Waals surface area contributed by atoms with Gasteiger partial charge in [-0.1, -0.05) is 0 Å². The number of alkyl halides is 1. The molecule has 1 fully saturated rings. The molecular weight excluding hydrogens is 258 g/mol. The van der Waals surface area contributed by atoms with Crippen LogP contribution in [0.5, 0.6) is 0 Å². The summed E-state index contributed by atoms with van der Waals surface area (Å²) in [5.41, 5.74) is 0.969. The number of ether oxygens (including phenoxy) is 2. The molecule has 0 radical (unpaired) electrons. The molecule has 5 heteroatoms. The molecule has 96 valence electrons. The maximum Gasteiger partial charge on any atom is 0.0951 e. The van der Waals surface area contributed by atoms with Crippen LogP contribution in [0, 0.1) is 5.92 Å². The zero-order valence-electron chi connectivity index (χ0n) is 9.86. The van der Waals surface area contributed by atoms with Gasteiger partial charge in [-0.05, 0) is 18.8 Å². The van der Waals surface area contributed by atoms with Crippen LogP contribution >= 0.6 is 22.9 Å². The molecule has 0 amide bonds. The Kier molecular flexibility index (Phi) is 5.71. The molecule has 2 rings (SSSR count). The predicted molar refractivity (Wildman–Crippen MR) is 69.7 cm³/mol. The average molecular weight is 276 g/mol. The molecule has 0 atom stereocenters. The molecule has 0 bridgehead atoms. The van der Waals surface area contributed by atoms with Crippen molar-refractivity contribution in [3.8, 4) is 0 Å². The van der Waals surface area contributed by atoms with E-state index in [9.17, 15) is 0 Å². The fourth-order valence-electron chi connectivity index (χ4n) is 1.85. The van der Waals surface area contributed by atoms with E-state index in [-0.39, 0.29) is 0 Å². The highest BCUT2D eigenvalue weighted by Crippen LogP contribution is 2.15. The van der Waals surface area contributed by atoms with E-state index in [0.717, 1.165) is 56.4 Å². The largest absolute Gasteiger partial charge is 0.381 e. The van der Waals surface area contributed by atoms with E-state index in [1.807, 2.05) is 5.38 Å². The molecule has 2 heterocycles.